The van der Waals surface area contributed by atoms with Gasteiger partial charge in [-0.25, -0.2) is 4.79 Å². The van der Waals surface area contributed by atoms with Crippen LogP contribution in [0.4, 0.5) is 0 Å². The second-order valence-corrected chi connectivity index (χ2v) is 7.55. The third-order valence-corrected chi connectivity index (χ3v) is 5.10. The van der Waals surface area contributed by atoms with Crippen molar-refractivity contribution < 1.29 is 14.3 Å². The molecule has 4 heteroatoms. The van der Waals surface area contributed by atoms with E-state index in [1.54, 1.807) is 48.5 Å². The smallest absolute Gasteiger partial charge is 0.343 e. The summed E-state index contributed by atoms with van der Waals surface area (Å²) in [7, 11) is 0. The lowest BCUT2D eigenvalue weighted by molar-refractivity contribution is 0.0734. The number of allylic oxidation sites excluding steroid dienone is 1. The van der Waals surface area contributed by atoms with E-state index in [1.165, 1.54) is 6.08 Å². The van der Waals surface area contributed by atoms with Gasteiger partial charge in [0.15, 0.2) is 5.78 Å². The van der Waals surface area contributed by atoms with E-state index in [0.717, 1.165) is 16.7 Å². The Kier molecular flexibility index (Phi) is 6.59. The number of ether oxygens (including phenoxy) is 1. The average Bonchev–Trinajstić information content (AvgIpc) is 2.84. The molecule has 4 aromatic carbocycles. The number of carbonyl (C=O) groups excluding carboxylic acids is 2. The number of rotatable bonds is 6. The van der Waals surface area contributed by atoms with Crippen LogP contribution in [0.2, 0.25) is 5.02 Å². The van der Waals surface area contributed by atoms with Gasteiger partial charge < -0.3 is 4.74 Å². The minimum absolute atomic E-state index is 0.104. The van der Waals surface area contributed by atoms with Gasteiger partial charge >= 0.3 is 5.97 Å². The Morgan fingerprint density at radius 1 is 0.688 bits per heavy atom. The molecule has 32 heavy (non-hydrogen) atoms. The summed E-state index contributed by atoms with van der Waals surface area (Å²) in [6.45, 7) is 0. The van der Waals surface area contributed by atoms with Crippen LogP contribution in [0.25, 0.3) is 17.2 Å². The van der Waals surface area contributed by atoms with E-state index >= 15 is 0 Å². The van der Waals surface area contributed by atoms with Crippen LogP contribution in [0.3, 0.4) is 0 Å². The molecule has 0 heterocycles. The molecule has 0 aliphatic rings. The summed E-state index contributed by atoms with van der Waals surface area (Å²) in [6, 6.07) is 31.0. The molecule has 0 radical (unpaired) electrons. The summed E-state index contributed by atoms with van der Waals surface area (Å²) in [6.07, 6.45) is 3.21. The zero-order valence-electron chi connectivity index (χ0n) is 17.1. The first-order valence-electron chi connectivity index (χ1n) is 10.0. The van der Waals surface area contributed by atoms with Gasteiger partial charge in [-0.1, -0.05) is 84.4 Å². The SMILES string of the molecule is O=C(C=Cc1cccc(OC(=O)c2ccc(Cl)cc2)c1)c1ccc(-c2ccccc2)cc1. The number of hydrogen-bond donors (Lipinski definition) is 0. The highest BCUT2D eigenvalue weighted by Crippen LogP contribution is 2.20. The highest BCUT2D eigenvalue weighted by Gasteiger charge is 2.09. The number of benzene rings is 4. The summed E-state index contributed by atoms with van der Waals surface area (Å²) < 4.78 is 5.43. The molecule has 0 saturated heterocycles. The normalized spacial score (nSPS) is 10.8. The predicted octanol–water partition coefficient (Wildman–Crippen LogP) is 7.12. The number of esters is 1. The summed E-state index contributed by atoms with van der Waals surface area (Å²) in [5, 5.41) is 0.549. The lowest BCUT2D eigenvalue weighted by Crippen LogP contribution is -2.08. The van der Waals surface area contributed by atoms with E-state index in [9.17, 15) is 9.59 Å². The fraction of sp³-hybridized carbons (Fsp3) is 0. The number of hydrogen-bond acceptors (Lipinski definition) is 3. The van der Waals surface area contributed by atoms with E-state index in [0.29, 0.717) is 21.9 Å². The summed E-state index contributed by atoms with van der Waals surface area (Å²) in [5.74, 6) is -0.183. The van der Waals surface area contributed by atoms with Crippen molar-refractivity contribution in [2.45, 2.75) is 0 Å². The van der Waals surface area contributed by atoms with E-state index in [4.69, 9.17) is 16.3 Å². The van der Waals surface area contributed by atoms with Crippen molar-refractivity contribution in [3.8, 4) is 16.9 Å². The standard InChI is InChI=1S/C28H19ClO3/c29-25-16-14-24(15-17-25)28(31)32-26-8-4-5-20(19-26)9-18-27(30)23-12-10-22(11-13-23)21-6-2-1-3-7-21/h1-19H. The fourth-order valence-corrected chi connectivity index (χ4v) is 3.29. The molecule has 4 aromatic rings. The van der Waals surface area contributed by atoms with Crippen molar-refractivity contribution in [3.05, 3.63) is 131 Å². The molecule has 0 atom stereocenters. The van der Waals surface area contributed by atoms with E-state index in [-0.39, 0.29) is 5.78 Å². The van der Waals surface area contributed by atoms with Gasteiger partial charge in [0.2, 0.25) is 0 Å². The van der Waals surface area contributed by atoms with Gasteiger partial charge in [0, 0.05) is 10.6 Å². The zero-order chi connectivity index (χ0) is 22.3. The van der Waals surface area contributed by atoms with Crippen LogP contribution >= 0.6 is 11.6 Å². The van der Waals surface area contributed by atoms with Crippen molar-refractivity contribution in [2.75, 3.05) is 0 Å². The lowest BCUT2D eigenvalue weighted by atomic mass is 10.0. The van der Waals surface area contributed by atoms with Crippen LogP contribution in [0.5, 0.6) is 5.75 Å². The van der Waals surface area contributed by atoms with Crippen molar-refractivity contribution in [3.63, 3.8) is 0 Å². The molecule has 156 valence electrons. The van der Waals surface area contributed by atoms with Crippen molar-refractivity contribution in [2.24, 2.45) is 0 Å². The largest absolute Gasteiger partial charge is 0.423 e. The Bertz CT molecular complexity index is 1260. The zero-order valence-corrected chi connectivity index (χ0v) is 17.8. The molecule has 0 saturated carbocycles. The van der Waals surface area contributed by atoms with E-state index in [2.05, 4.69) is 0 Å². The maximum Gasteiger partial charge on any atom is 0.343 e. The lowest BCUT2D eigenvalue weighted by Gasteiger charge is -2.05. The molecule has 0 aromatic heterocycles. The van der Waals surface area contributed by atoms with Crippen LogP contribution in [0, 0.1) is 0 Å². The topological polar surface area (TPSA) is 43.4 Å². The third kappa shape index (κ3) is 5.39. The minimum Gasteiger partial charge on any atom is -0.423 e. The Labute approximate surface area is 191 Å². The summed E-state index contributed by atoms with van der Waals surface area (Å²) in [4.78, 5) is 24.8. The first-order chi connectivity index (χ1) is 15.6. The predicted molar refractivity (Wildman–Crippen MR) is 128 cm³/mol. The second-order valence-electron chi connectivity index (χ2n) is 7.11. The van der Waals surface area contributed by atoms with Crippen LogP contribution < -0.4 is 4.74 Å². The van der Waals surface area contributed by atoms with Gasteiger partial charge in [-0.15, -0.1) is 0 Å². The van der Waals surface area contributed by atoms with E-state index < -0.39 is 5.97 Å². The highest BCUT2D eigenvalue weighted by atomic mass is 35.5. The quantitative estimate of drug-likeness (QED) is 0.139. The Hall–Kier alpha value is -3.95. The summed E-state index contributed by atoms with van der Waals surface area (Å²) >= 11 is 5.85. The van der Waals surface area contributed by atoms with E-state index in [1.807, 2.05) is 60.7 Å². The van der Waals surface area contributed by atoms with Gasteiger partial charge in [-0.2, -0.15) is 0 Å². The average molecular weight is 439 g/mol. The van der Waals surface area contributed by atoms with Gasteiger partial charge in [0.25, 0.3) is 0 Å². The van der Waals surface area contributed by atoms with Gasteiger partial charge in [0.1, 0.15) is 5.75 Å². The molecule has 0 unspecified atom stereocenters. The van der Waals surface area contributed by atoms with Crippen molar-refractivity contribution >= 4 is 29.4 Å². The highest BCUT2D eigenvalue weighted by molar-refractivity contribution is 6.30. The molecule has 4 rings (SSSR count). The molecule has 0 fully saturated rings. The fourth-order valence-electron chi connectivity index (χ4n) is 3.16. The minimum atomic E-state index is -0.475. The number of ketones is 1. The molecular formula is C28H19ClO3. The molecule has 0 aliphatic carbocycles. The first-order valence-corrected chi connectivity index (χ1v) is 10.4. The maximum absolute atomic E-state index is 12.6. The first kappa shape index (κ1) is 21.3. The third-order valence-electron chi connectivity index (χ3n) is 4.85. The van der Waals surface area contributed by atoms with Crippen LogP contribution in [0.1, 0.15) is 26.3 Å². The van der Waals surface area contributed by atoms with Gasteiger partial charge in [-0.05, 0) is 59.2 Å². The Balaban J connectivity index is 1.42. The molecule has 3 nitrogen and oxygen atoms in total. The van der Waals surface area contributed by atoms with Crippen LogP contribution in [0.15, 0.2) is 109 Å². The molecule has 0 N–H and O–H groups in total. The summed E-state index contributed by atoms with van der Waals surface area (Å²) in [5.41, 5.74) is 3.92. The second kappa shape index (κ2) is 9.90. The molecule has 0 amide bonds. The van der Waals surface area contributed by atoms with Crippen LogP contribution in [-0.4, -0.2) is 11.8 Å². The monoisotopic (exact) mass is 438 g/mol. The van der Waals surface area contributed by atoms with Crippen molar-refractivity contribution in [1.82, 2.24) is 0 Å². The van der Waals surface area contributed by atoms with Crippen LogP contribution in [-0.2, 0) is 0 Å². The Morgan fingerprint density at radius 3 is 2.06 bits per heavy atom. The Morgan fingerprint density at radius 2 is 1.34 bits per heavy atom. The molecule has 0 bridgehead atoms. The van der Waals surface area contributed by atoms with Gasteiger partial charge in [-0.3, -0.25) is 4.79 Å². The molecule has 0 spiro atoms. The molecule has 0 aliphatic heterocycles. The number of carbonyl (C=O) groups is 2. The van der Waals surface area contributed by atoms with Crippen molar-refractivity contribution in [1.29, 1.82) is 0 Å². The maximum atomic E-state index is 12.6. The van der Waals surface area contributed by atoms with Gasteiger partial charge in [0.05, 0.1) is 5.56 Å². The molecular weight excluding hydrogens is 420 g/mol. The number of halogens is 1.